The lowest BCUT2D eigenvalue weighted by Gasteiger charge is -2.26. The van der Waals surface area contributed by atoms with Gasteiger partial charge in [-0.15, -0.1) is 11.3 Å². The summed E-state index contributed by atoms with van der Waals surface area (Å²) in [6.07, 6.45) is 0.389. The van der Waals surface area contributed by atoms with Crippen molar-refractivity contribution in [1.82, 2.24) is 10.6 Å². The van der Waals surface area contributed by atoms with E-state index < -0.39 is 21.4 Å². The maximum Gasteiger partial charge on any atom is 0.262 e. The van der Waals surface area contributed by atoms with Crippen molar-refractivity contribution in [2.75, 3.05) is 11.5 Å². The molecular formula is C13H17BrN2O4S2. The fourth-order valence-electron chi connectivity index (χ4n) is 2.28. The van der Waals surface area contributed by atoms with Crippen LogP contribution >= 0.6 is 27.3 Å². The summed E-state index contributed by atoms with van der Waals surface area (Å²) in [5.74, 6) is -0.705. The maximum atomic E-state index is 12.2. The van der Waals surface area contributed by atoms with Crippen LogP contribution in [-0.4, -0.2) is 43.3 Å². The molecule has 2 rings (SSSR count). The van der Waals surface area contributed by atoms with Gasteiger partial charge in [-0.2, -0.15) is 0 Å². The van der Waals surface area contributed by atoms with Crippen LogP contribution in [-0.2, 0) is 14.6 Å². The van der Waals surface area contributed by atoms with Crippen LogP contribution in [0.15, 0.2) is 15.9 Å². The molecule has 0 bridgehead atoms. The second-order valence-corrected chi connectivity index (χ2v) is 10.3. The number of amides is 2. The Hall–Kier alpha value is -0.930. The highest BCUT2D eigenvalue weighted by Crippen LogP contribution is 2.23. The molecule has 1 aliphatic heterocycles. The fourth-order valence-corrected chi connectivity index (χ4v) is 5.67. The van der Waals surface area contributed by atoms with Crippen LogP contribution in [0.2, 0.25) is 0 Å². The third-order valence-corrected chi connectivity index (χ3v) is 6.99. The Labute approximate surface area is 141 Å². The molecule has 2 amide bonds. The minimum Gasteiger partial charge on any atom is -0.348 e. The topological polar surface area (TPSA) is 92.3 Å². The van der Waals surface area contributed by atoms with E-state index in [1.807, 2.05) is 0 Å². The second-order valence-electron chi connectivity index (χ2n) is 5.69. The minimum absolute atomic E-state index is 0.0652. The molecule has 0 aromatic carbocycles. The average Bonchev–Trinajstić information content (AvgIpc) is 2.93. The summed E-state index contributed by atoms with van der Waals surface area (Å²) in [4.78, 5) is 24.7. The molecule has 1 aromatic heterocycles. The van der Waals surface area contributed by atoms with E-state index in [1.54, 1.807) is 26.0 Å². The highest BCUT2D eigenvalue weighted by molar-refractivity contribution is 9.11. The molecule has 1 aromatic rings. The molecule has 122 valence electrons. The van der Waals surface area contributed by atoms with E-state index in [4.69, 9.17) is 0 Å². The molecule has 0 saturated carbocycles. The number of carbonyl (C=O) groups excluding carboxylic acids is 2. The summed E-state index contributed by atoms with van der Waals surface area (Å²) in [6, 6.07) is 2.68. The molecule has 1 fully saturated rings. The zero-order chi connectivity index (χ0) is 16.5. The number of hydrogen-bond donors (Lipinski definition) is 2. The Balaban J connectivity index is 1.94. The van der Waals surface area contributed by atoms with Gasteiger partial charge in [0.1, 0.15) is 6.04 Å². The van der Waals surface area contributed by atoms with Crippen LogP contribution in [0.5, 0.6) is 0 Å². The largest absolute Gasteiger partial charge is 0.348 e. The van der Waals surface area contributed by atoms with Crippen molar-refractivity contribution < 1.29 is 18.0 Å². The van der Waals surface area contributed by atoms with Crippen molar-refractivity contribution in [3.63, 3.8) is 0 Å². The van der Waals surface area contributed by atoms with E-state index in [9.17, 15) is 18.0 Å². The molecule has 2 heterocycles. The zero-order valence-corrected chi connectivity index (χ0v) is 15.4. The Bertz CT molecular complexity index is 701. The van der Waals surface area contributed by atoms with Crippen molar-refractivity contribution in [1.29, 1.82) is 0 Å². The molecule has 1 aliphatic rings. The number of carbonyl (C=O) groups is 2. The van der Waals surface area contributed by atoms with Crippen LogP contribution < -0.4 is 10.6 Å². The van der Waals surface area contributed by atoms with Crippen LogP contribution in [0.3, 0.4) is 0 Å². The Kier molecular flexibility index (Phi) is 4.98. The third-order valence-electron chi connectivity index (χ3n) is 3.47. The van der Waals surface area contributed by atoms with E-state index in [-0.39, 0.29) is 23.3 Å². The molecule has 2 unspecified atom stereocenters. The molecule has 9 heteroatoms. The van der Waals surface area contributed by atoms with Crippen molar-refractivity contribution in [2.24, 2.45) is 0 Å². The number of thiophene rings is 1. The minimum atomic E-state index is -3.09. The molecule has 2 atom stereocenters. The van der Waals surface area contributed by atoms with Gasteiger partial charge >= 0.3 is 0 Å². The number of hydrogen-bond acceptors (Lipinski definition) is 5. The lowest BCUT2D eigenvalue weighted by Crippen LogP contribution is -2.53. The lowest BCUT2D eigenvalue weighted by molar-refractivity contribution is -0.124. The number of halogens is 1. The van der Waals surface area contributed by atoms with Gasteiger partial charge in [0.2, 0.25) is 5.91 Å². The molecule has 22 heavy (non-hydrogen) atoms. The average molecular weight is 409 g/mol. The van der Waals surface area contributed by atoms with Gasteiger partial charge in [0, 0.05) is 0 Å². The quantitative estimate of drug-likeness (QED) is 0.785. The van der Waals surface area contributed by atoms with Crippen LogP contribution in [0.1, 0.15) is 29.9 Å². The monoisotopic (exact) mass is 408 g/mol. The SMILES string of the molecule is CC(NC(=O)c1ccc(Br)s1)C(=O)NC1(C)CCS(=O)(=O)C1. The Morgan fingerprint density at radius 3 is 2.59 bits per heavy atom. The summed E-state index contributed by atoms with van der Waals surface area (Å²) in [6.45, 7) is 3.28. The van der Waals surface area contributed by atoms with Gasteiger partial charge < -0.3 is 10.6 Å². The van der Waals surface area contributed by atoms with Crippen LogP contribution in [0, 0.1) is 0 Å². The van der Waals surface area contributed by atoms with Crippen LogP contribution in [0.4, 0.5) is 0 Å². The van der Waals surface area contributed by atoms with Crippen molar-refractivity contribution in [3.8, 4) is 0 Å². The highest BCUT2D eigenvalue weighted by Gasteiger charge is 2.40. The summed E-state index contributed by atoms with van der Waals surface area (Å²) in [5, 5.41) is 5.34. The number of nitrogens with one attached hydrogen (secondary N) is 2. The first-order valence-corrected chi connectivity index (χ1v) is 10.1. The lowest BCUT2D eigenvalue weighted by atomic mass is 10.0. The third kappa shape index (κ3) is 4.30. The summed E-state index contributed by atoms with van der Waals surface area (Å²) in [5.41, 5.74) is -0.763. The van der Waals surface area contributed by atoms with Gasteiger partial charge in [-0.25, -0.2) is 8.42 Å². The first-order chi connectivity index (χ1) is 10.1. The number of sulfone groups is 1. The zero-order valence-electron chi connectivity index (χ0n) is 12.2. The van der Waals surface area contributed by atoms with E-state index in [0.717, 1.165) is 3.79 Å². The van der Waals surface area contributed by atoms with E-state index >= 15 is 0 Å². The molecular weight excluding hydrogens is 392 g/mol. The van der Waals surface area contributed by atoms with Gasteiger partial charge in [-0.3, -0.25) is 9.59 Å². The van der Waals surface area contributed by atoms with Gasteiger partial charge in [0.25, 0.3) is 5.91 Å². The van der Waals surface area contributed by atoms with Crippen molar-refractivity contribution >= 4 is 48.9 Å². The van der Waals surface area contributed by atoms with Gasteiger partial charge in [0.15, 0.2) is 9.84 Å². The molecule has 2 N–H and O–H groups in total. The van der Waals surface area contributed by atoms with E-state index in [2.05, 4.69) is 26.6 Å². The standard InChI is InChI=1S/C13H17BrN2O4S2/c1-8(15-12(18)9-3-4-10(14)21-9)11(17)16-13(2)5-6-22(19,20)7-13/h3-4,8H,5-7H2,1-2H3,(H,15,18)(H,16,17). The molecule has 0 aliphatic carbocycles. The Morgan fingerprint density at radius 2 is 2.09 bits per heavy atom. The van der Waals surface area contributed by atoms with E-state index in [1.165, 1.54) is 11.3 Å². The van der Waals surface area contributed by atoms with Gasteiger partial charge in [0.05, 0.1) is 25.7 Å². The predicted molar refractivity (Wildman–Crippen MR) is 88.8 cm³/mol. The summed E-state index contributed by atoms with van der Waals surface area (Å²) >= 11 is 4.55. The first-order valence-electron chi connectivity index (χ1n) is 6.69. The number of rotatable bonds is 4. The van der Waals surface area contributed by atoms with Crippen molar-refractivity contribution in [3.05, 3.63) is 20.8 Å². The molecule has 6 nitrogen and oxygen atoms in total. The summed E-state index contributed by atoms with van der Waals surface area (Å²) in [7, 11) is -3.09. The molecule has 0 radical (unpaired) electrons. The highest BCUT2D eigenvalue weighted by atomic mass is 79.9. The van der Waals surface area contributed by atoms with Crippen molar-refractivity contribution in [2.45, 2.75) is 31.8 Å². The Morgan fingerprint density at radius 1 is 1.41 bits per heavy atom. The fraction of sp³-hybridized carbons (Fsp3) is 0.538. The predicted octanol–water partition coefficient (Wildman–Crippen LogP) is 1.32. The molecule has 0 spiro atoms. The normalized spacial score (nSPS) is 24.7. The van der Waals surface area contributed by atoms with Gasteiger partial charge in [-0.05, 0) is 48.3 Å². The van der Waals surface area contributed by atoms with E-state index in [0.29, 0.717) is 11.3 Å². The van der Waals surface area contributed by atoms with Crippen LogP contribution in [0.25, 0.3) is 0 Å². The smallest absolute Gasteiger partial charge is 0.262 e. The first kappa shape index (κ1) is 17.4. The summed E-state index contributed by atoms with van der Waals surface area (Å²) < 4.78 is 23.9. The molecule has 1 saturated heterocycles. The second kappa shape index (κ2) is 6.29. The van der Waals surface area contributed by atoms with Gasteiger partial charge in [-0.1, -0.05) is 0 Å². The maximum absolute atomic E-state index is 12.2.